The number of carbonyl (C=O) groups excluding carboxylic acids is 3. The van der Waals surface area contributed by atoms with Gasteiger partial charge in [0, 0.05) is 5.69 Å². The summed E-state index contributed by atoms with van der Waals surface area (Å²) in [5.41, 5.74) is 0.599. The standard InChI is InChI=1S/C16H15BrN2O5/c1-10(15(21)19-11-5-3-2-4-6-11)23-14(20)9-18-16(22)12-7-8-13(17)24-12/h2-8,10H,9H2,1H3,(H,18,22)(H,19,21)/t10-/m0/s1. The minimum absolute atomic E-state index is 0.0598. The van der Waals surface area contributed by atoms with Crippen LogP contribution in [0.4, 0.5) is 5.69 Å². The molecule has 24 heavy (non-hydrogen) atoms. The number of amides is 2. The Hall–Kier alpha value is -2.61. The normalized spacial score (nSPS) is 11.4. The molecule has 1 aromatic heterocycles. The Bertz CT molecular complexity index is 729. The molecule has 1 atom stereocenters. The molecule has 2 N–H and O–H groups in total. The van der Waals surface area contributed by atoms with E-state index < -0.39 is 23.9 Å². The van der Waals surface area contributed by atoms with E-state index in [2.05, 4.69) is 26.6 Å². The van der Waals surface area contributed by atoms with E-state index in [4.69, 9.17) is 9.15 Å². The Kier molecular flexibility index (Phi) is 6.14. The molecule has 0 aliphatic heterocycles. The maximum Gasteiger partial charge on any atom is 0.326 e. The van der Waals surface area contributed by atoms with Crippen molar-refractivity contribution < 1.29 is 23.5 Å². The first-order chi connectivity index (χ1) is 11.5. The van der Waals surface area contributed by atoms with Crippen LogP contribution in [0.25, 0.3) is 0 Å². The highest BCUT2D eigenvalue weighted by molar-refractivity contribution is 9.10. The highest BCUT2D eigenvalue weighted by Gasteiger charge is 2.19. The van der Waals surface area contributed by atoms with Crippen molar-refractivity contribution in [2.45, 2.75) is 13.0 Å². The van der Waals surface area contributed by atoms with E-state index in [0.717, 1.165) is 0 Å². The zero-order chi connectivity index (χ0) is 17.5. The molecule has 0 radical (unpaired) electrons. The molecule has 7 nitrogen and oxygen atoms in total. The van der Waals surface area contributed by atoms with Crippen molar-refractivity contribution in [3.63, 3.8) is 0 Å². The molecule has 0 saturated heterocycles. The quantitative estimate of drug-likeness (QED) is 0.732. The molecule has 126 valence electrons. The van der Waals surface area contributed by atoms with Gasteiger partial charge in [-0.05, 0) is 47.1 Å². The SMILES string of the molecule is C[C@H](OC(=O)CNC(=O)c1ccc(Br)o1)C(=O)Nc1ccccc1. The first kappa shape index (κ1) is 17.7. The number of benzene rings is 1. The average Bonchev–Trinajstić information content (AvgIpc) is 3.00. The Labute approximate surface area is 146 Å². The summed E-state index contributed by atoms with van der Waals surface area (Å²) in [6.45, 7) is 1.07. The maximum absolute atomic E-state index is 11.9. The number of rotatable bonds is 6. The van der Waals surface area contributed by atoms with Crippen LogP contribution in [0.15, 0.2) is 51.6 Å². The van der Waals surface area contributed by atoms with Crippen LogP contribution >= 0.6 is 15.9 Å². The summed E-state index contributed by atoms with van der Waals surface area (Å²) in [6, 6.07) is 11.8. The van der Waals surface area contributed by atoms with Gasteiger partial charge in [0.25, 0.3) is 11.8 Å². The van der Waals surface area contributed by atoms with Gasteiger partial charge in [-0.25, -0.2) is 0 Å². The monoisotopic (exact) mass is 394 g/mol. The minimum Gasteiger partial charge on any atom is -0.451 e. The van der Waals surface area contributed by atoms with Crippen LogP contribution in [-0.4, -0.2) is 30.4 Å². The lowest BCUT2D eigenvalue weighted by Crippen LogP contribution is -2.35. The molecule has 0 saturated carbocycles. The molecule has 0 fully saturated rings. The van der Waals surface area contributed by atoms with Gasteiger partial charge in [-0.2, -0.15) is 0 Å². The number of nitrogens with one attached hydrogen (secondary N) is 2. The maximum atomic E-state index is 11.9. The number of esters is 1. The second kappa shape index (κ2) is 8.30. The summed E-state index contributed by atoms with van der Waals surface area (Å²) in [7, 11) is 0. The molecule has 0 aliphatic carbocycles. The van der Waals surface area contributed by atoms with Gasteiger partial charge in [0.05, 0.1) is 0 Å². The number of carbonyl (C=O) groups is 3. The van der Waals surface area contributed by atoms with E-state index in [1.54, 1.807) is 30.3 Å². The molecule has 8 heteroatoms. The summed E-state index contributed by atoms with van der Waals surface area (Å²) >= 11 is 3.07. The van der Waals surface area contributed by atoms with Crippen molar-refractivity contribution in [2.24, 2.45) is 0 Å². The topological polar surface area (TPSA) is 97.6 Å². The van der Waals surface area contributed by atoms with Gasteiger partial charge in [0.15, 0.2) is 16.5 Å². The number of ether oxygens (including phenoxy) is 1. The Morgan fingerprint density at radius 1 is 1.17 bits per heavy atom. The molecule has 1 heterocycles. The van der Waals surface area contributed by atoms with E-state index in [1.165, 1.54) is 13.0 Å². The number of anilines is 1. The number of para-hydroxylation sites is 1. The molecule has 1 aromatic carbocycles. The number of furan rings is 1. The molecule has 0 aliphatic rings. The summed E-state index contributed by atoms with van der Waals surface area (Å²) < 4.78 is 10.4. The first-order valence-corrected chi connectivity index (χ1v) is 7.84. The third-order valence-corrected chi connectivity index (χ3v) is 3.34. The van der Waals surface area contributed by atoms with E-state index >= 15 is 0 Å². The third kappa shape index (κ3) is 5.24. The minimum atomic E-state index is -0.993. The highest BCUT2D eigenvalue weighted by Crippen LogP contribution is 2.13. The van der Waals surface area contributed by atoms with Crippen molar-refractivity contribution >= 4 is 39.4 Å². The lowest BCUT2D eigenvalue weighted by atomic mass is 10.3. The van der Waals surface area contributed by atoms with Crippen molar-refractivity contribution in [3.05, 3.63) is 52.9 Å². The van der Waals surface area contributed by atoms with Crippen LogP contribution in [0, 0.1) is 0 Å². The van der Waals surface area contributed by atoms with E-state index in [9.17, 15) is 14.4 Å². The van der Waals surface area contributed by atoms with Gasteiger partial charge in [-0.1, -0.05) is 18.2 Å². The lowest BCUT2D eigenvalue weighted by Gasteiger charge is -2.13. The number of hydrogen-bond donors (Lipinski definition) is 2. The van der Waals surface area contributed by atoms with Gasteiger partial charge < -0.3 is 19.8 Å². The summed E-state index contributed by atoms with van der Waals surface area (Å²) in [4.78, 5) is 35.3. The Morgan fingerprint density at radius 2 is 1.88 bits per heavy atom. The van der Waals surface area contributed by atoms with E-state index in [0.29, 0.717) is 10.4 Å². The van der Waals surface area contributed by atoms with Crippen molar-refractivity contribution in [1.82, 2.24) is 5.32 Å². The van der Waals surface area contributed by atoms with Crippen LogP contribution in [0.2, 0.25) is 0 Å². The zero-order valence-electron chi connectivity index (χ0n) is 12.7. The summed E-state index contributed by atoms with van der Waals surface area (Å²) in [6.07, 6.45) is -0.993. The van der Waals surface area contributed by atoms with Crippen molar-refractivity contribution in [1.29, 1.82) is 0 Å². The fourth-order valence-corrected chi connectivity index (χ4v) is 2.04. The van der Waals surface area contributed by atoms with Crippen LogP contribution < -0.4 is 10.6 Å². The van der Waals surface area contributed by atoms with Crippen molar-refractivity contribution in [2.75, 3.05) is 11.9 Å². The first-order valence-electron chi connectivity index (χ1n) is 7.04. The summed E-state index contributed by atoms with van der Waals surface area (Å²) in [5, 5.41) is 4.96. The molecule has 2 aromatic rings. The molecule has 0 unspecified atom stereocenters. The molecule has 0 bridgehead atoms. The smallest absolute Gasteiger partial charge is 0.326 e. The number of halogens is 1. The van der Waals surface area contributed by atoms with Gasteiger partial charge in [0.1, 0.15) is 6.54 Å². The van der Waals surface area contributed by atoms with Crippen LogP contribution in [0.5, 0.6) is 0 Å². The second-order valence-corrected chi connectivity index (χ2v) is 5.56. The zero-order valence-corrected chi connectivity index (χ0v) is 14.3. The number of hydrogen-bond acceptors (Lipinski definition) is 5. The largest absolute Gasteiger partial charge is 0.451 e. The van der Waals surface area contributed by atoms with E-state index in [-0.39, 0.29) is 12.3 Å². The van der Waals surface area contributed by atoms with Gasteiger partial charge >= 0.3 is 5.97 Å². The fourth-order valence-electron chi connectivity index (χ4n) is 1.73. The second-order valence-electron chi connectivity index (χ2n) is 4.77. The fraction of sp³-hybridized carbons (Fsp3) is 0.188. The molecular weight excluding hydrogens is 380 g/mol. The molecule has 2 amide bonds. The molecular formula is C16H15BrN2O5. The van der Waals surface area contributed by atoms with E-state index in [1.807, 2.05) is 6.07 Å². The third-order valence-electron chi connectivity index (χ3n) is 2.91. The van der Waals surface area contributed by atoms with Gasteiger partial charge in [0.2, 0.25) is 0 Å². The van der Waals surface area contributed by atoms with Gasteiger partial charge in [-0.3, -0.25) is 14.4 Å². The lowest BCUT2D eigenvalue weighted by molar-refractivity contribution is -0.152. The van der Waals surface area contributed by atoms with Crippen LogP contribution in [-0.2, 0) is 14.3 Å². The molecule has 0 spiro atoms. The van der Waals surface area contributed by atoms with Crippen LogP contribution in [0.3, 0.4) is 0 Å². The molecule has 2 rings (SSSR count). The van der Waals surface area contributed by atoms with Crippen LogP contribution in [0.1, 0.15) is 17.5 Å². The Balaban J connectivity index is 1.77. The Morgan fingerprint density at radius 3 is 2.50 bits per heavy atom. The predicted octanol–water partition coefficient (Wildman–Crippen LogP) is 2.34. The predicted molar refractivity (Wildman–Crippen MR) is 89.4 cm³/mol. The summed E-state index contributed by atoms with van der Waals surface area (Å²) in [5.74, 6) is -1.69. The van der Waals surface area contributed by atoms with Crippen molar-refractivity contribution in [3.8, 4) is 0 Å². The average molecular weight is 395 g/mol. The highest BCUT2D eigenvalue weighted by atomic mass is 79.9. The van der Waals surface area contributed by atoms with Gasteiger partial charge in [-0.15, -0.1) is 0 Å².